The normalized spacial score (nSPS) is 11.8. The maximum Gasteiger partial charge on any atom is 0.166 e. The minimum absolute atomic E-state index is 0.316. The highest BCUT2D eigenvalue weighted by atomic mass is 32.1. The Kier molecular flexibility index (Phi) is 5.62. The van der Waals surface area contributed by atoms with Crippen molar-refractivity contribution in [2.45, 2.75) is 32.4 Å². The monoisotopic (exact) mass is 288 g/mol. The SMILES string of the molecule is C[C@@H](CCc1ccco1)NC(=S)NCc1ccccc1. The number of furan rings is 1. The lowest BCUT2D eigenvalue weighted by Gasteiger charge is -2.16. The topological polar surface area (TPSA) is 37.2 Å². The van der Waals surface area contributed by atoms with Crippen LogP contribution >= 0.6 is 12.2 Å². The molecule has 0 aliphatic heterocycles. The van der Waals surface area contributed by atoms with Crippen LogP contribution in [-0.2, 0) is 13.0 Å². The second-order valence-corrected chi connectivity index (χ2v) is 5.24. The molecule has 1 atom stereocenters. The molecule has 1 heterocycles. The number of hydrogen-bond donors (Lipinski definition) is 2. The minimum atomic E-state index is 0.316. The van der Waals surface area contributed by atoms with Crippen molar-refractivity contribution in [2.75, 3.05) is 0 Å². The van der Waals surface area contributed by atoms with Gasteiger partial charge in [-0.1, -0.05) is 30.3 Å². The zero-order valence-corrected chi connectivity index (χ0v) is 12.5. The first-order chi connectivity index (χ1) is 9.74. The van der Waals surface area contributed by atoms with E-state index in [1.807, 2.05) is 30.3 Å². The highest BCUT2D eigenvalue weighted by Gasteiger charge is 2.05. The van der Waals surface area contributed by atoms with Crippen LogP contribution in [-0.4, -0.2) is 11.2 Å². The van der Waals surface area contributed by atoms with Crippen LogP contribution in [0.4, 0.5) is 0 Å². The second-order valence-electron chi connectivity index (χ2n) is 4.83. The molecular weight excluding hydrogens is 268 g/mol. The predicted octanol–water partition coefficient (Wildman–Crippen LogP) is 3.27. The van der Waals surface area contributed by atoms with E-state index in [0.717, 1.165) is 25.1 Å². The van der Waals surface area contributed by atoms with E-state index in [9.17, 15) is 0 Å². The second kappa shape index (κ2) is 7.70. The molecule has 0 bridgehead atoms. The molecule has 0 aliphatic rings. The van der Waals surface area contributed by atoms with Gasteiger partial charge in [-0.05, 0) is 43.3 Å². The van der Waals surface area contributed by atoms with Crippen LogP contribution in [0.2, 0.25) is 0 Å². The number of rotatable bonds is 6. The summed E-state index contributed by atoms with van der Waals surface area (Å²) >= 11 is 5.30. The Morgan fingerprint density at radius 1 is 1.20 bits per heavy atom. The molecule has 3 nitrogen and oxygen atoms in total. The summed E-state index contributed by atoms with van der Waals surface area (Å²) in [7, 11) is 0. The molecule has 0 saturated heterocycles. The molecule has 1 aromatic heterocycles. The fourth-order valence-electron chi connectivity index (χ4n) is 1.94. The first kappa shape index (κ1) is 14.6. The van der Waals surface area contributed by atoms with Crippen LogP contribution < -0.4 is 10.6 Å². The molecule has 0 amide bonds. The minimum Gasteiger partial charge on any atom is -0.469 e. The smallest absolute Gasteiger partial charge is 0.166 e. The Labute approximate surface area is 125 Å². The fraction of sp³-hybridized carbons (Fsp3) is 0.312. The third kappa shape index (κ3) is 5.05. The Bertz CT molecular complexity index is 511. The van der Waals surface area contributed by atoms with Crippen molar-refractivity contribution < 1.29 is 4.42 Å². The third-order valence-electron chi connectivity index (χ3n) is 3.08. The first-order valence-corrected chi connectivity index (χ1v) is 7.25. The van der Waals surface area contributed by atoms with E-state index in [1.165, 1.54) is 5.56 Å². The largest absolute Gasteiger partial charge is 0.469 e. The van der Waals surface area contributed by atoms with Crippen molar-refractivity contribution in [3.8, 4) is 0 Å². The van der Waals surface area contributed by atoms with E-state index in [2.05, 4.69) is 29.7 Å². The zero-order valence-electron chi connectivity index (χ0n) is 11.6. The van der Waals surface area contributed by atoms with Crippen LogP contribution in [0.25, 0.3) is 0 Å². The summed E-state index contributed by atoms with van der Waals surface area (Å²) < 4.78 is 5.32. The number of aryl methyl sites for hydroxylation is 1. The first-order valence-electron chi connectivity index (χ1n) is 6.84. The molecule has 0 saturated carbocycles. The lowest BCUT2D eigenvalue weighted by molar-refractivity contribution is 0.482. The van der Waals surface area contributed by atoms with Crippen molar-refractivity contribution >= 4 is 17.3 Å². The molecular formula is C16H20N2OS. The van der Waals surface area contributed by atoms with Gasteiger partial charge in [-0.25, -0.2) is 0 Å². The van der Waals surface area contributed by atoms with Crippen LogP contribution in [0.5, 0.6) is 0 Å². The summed E-state index contributed by atoms with van der Waals surface area (Å²) in [5.74, 6) is 1.02. The van der Waals surface area contributed by atoms with E-state index in [-0.39, 0.29) is 0 Å². The van der Waals surface area contributed by atoms with E-state index >= 15 is 0 Å². The average Bonchev–Trinajstić information content (AvgIpc) is 2.97. The van der Waals surface area contributed by atoms with Gasteiger partial charge in [0.25, 0.3) is 0 Å². The van der Waals surface area contributed by atoms with Crippen molar-refractivity contribution in [1.82, 2.24) is 10.6 Å². The fourth-order valence-corrected chi connectivity index (χ4v) is 2.21. The van der Waals surface area contributed by atoms with Crippen LogP contribution in [0.1, 0.15) is 24.7 Å². The summed E-state index contributed by atoms with van der Waals surface area (Å²) in [6, 6.07) is 14.5. The van der Waals surface area contributed by atoms with Gasteiger partial charge in [0.05, 0.1) is 6.26 Å². The van der Waals surface area contributed by atoms with Gasteiger partial charge in [-0.2, -0.15) is 0 Å². The molecule has 0 unspecified atom stereocenters. The Balaban J connectivity index is 1.66. The van der Waals surface area contributed by atoms with Gasteiger partial charge >= 0.3 is 0 Å². The maximum atomic E-state index is 5.32. The van der Waals surface area contributed by atoms with Crippen LogP contribution in [0, 0.1) is 0 Å². The van der Waals surface area contributed by atoms with Gasteiger partial charge in [0.15, 0.2) is 5.11 Å². The van der Waals surface area contributed by atoms with Crippen LogP contribution in [0.3, 0.4) is 0 Å². The van der Waals surface area contributed by atoms with E-state index in [1.54, 1.807) is 6.26 Å². The molecule has 0 radical (unpaired) electrons. The van der Waals surface area contributed by atoms with Crippen molar-refractivity contribution in [1.29, 1.82) is 0 Å². The lowest BCUT2D eigenvalue weighted by Crippen LogP contribution is -2.40. The van der Waals surface area contributed by atoms with Gasteiger partial charge in [0, 0.05) is 19.0 Å². The van der Waals surface area contributed by atoms with Gasteiger partial charge in [-0.15, -0.1) is 0 Å². The van der Waals surface area contributed by atoms with E-state index in [4.69, 9.17) is 16.6 Å². The summed E-state index contributed by atoms with van der Waals surface area (Å²) in [6.45, 7) is 2.87. The summed E-state index contributed by atoms with van der Waals surface area (Å²) in [5, 5.41) is 7.21. The Morgan fingerprint density at radius 2 is 2.00 bits per heavy atom. The molecule has 0 aliphatic carbocycles. The molecule has 0 fully saturated rings. The van der Waals surface area contributed by atoms with E-state index < -0.39 is 0 Å². The van der Waals surface area contributed by atoms with Gasteiger partial charge in [0.2, 0.25) is 0 Å². The summed E-state index contributed by atoms with van der Waals surface area (Å²) in [4.78, 5) is 0. The van der Waals surface area contributed by atoms with Crippen LogP contribution in [0.15, 0.2) is 53.1 Å². The molecule has 2 aromatic rings. The number of benzene rings is 1. The van der Waals surface area contributed by atoms with Crippen molar-refractivity contribution in [2.24, 2.45) is 0 Å². The van der Waals surface area contributed by atoms with Crippen molar-refractivity contribution in [3.63, 3.8) is 0 Å². The highest BCUT2D eigenvalue weighted by Crippen LogP contribution is 2.05. The quantitative estimate of drug-likeness (QED) is 0.800. The maximum absolute atomic E-state index is 5.32. The molecule has 4 heteroatoms. The molecule has 1 aromatic carbocycles. The zero-order chi connectivity index (χ0) is 14.2. The van der Waals surface area contributed by atoms with E-state index in [0.29, 0.717) is 11.2 Å². The summed E-state index contributed by atoms with van der Waals surface area (Å²) in [6.07, 6.45) is 3.61. The molecule has 20 heavy (non-hydrogen) atoms. The standard InChI is InChI=1S/C16H20N2OS/c1-13(9-10-15-8-5-11-19-15)18-16(20)17-12-14-6-3-2-4-7-14/h2-8,11,13H,9-10,12H2,1H3,(H2,17,18,20)/t13-/m0/s1. The molecule has 0 spiro atoms. The van der Waals surface area contributed by atoms with Gasteiger partial charge in [-0.3, -0.25) is 0 Å². The predicted molar refractivity (Wildman–Crippen MR) is 85.5 cm³/mol. The van der Waals surface area contributed by atoms with Gasteiger partial charge < -0.3 is 15.1 Å². The Hall–Kier alpha value is -1.81. The third-order valence-corrected chi connectivity index (χ3v) is 3.34. The number of hydrogen-bond acceptors (Lipinski definition) is 2. The summed E-state index contributed by atoms with van der Waals surface area (Å²) in [5.41, 5.74) is 1.22. The number of nitrogens with one attached hydrogen (secondary N) is 2. The Morgan fingerprint density at radius 3 is 2.70 bits per heavy atom. The van der Waals surface area contributed by atoms with Crippen molar-refractivity contribution in [3.05, 3.63) is 60.1 Å². The molecule has 2 N–H and O–H groups in total. The highest BCUT2D eigenvalue weighted by molar-refractivity contribution is 7.80. The lowest BCUT2D eigenvalue weighted by atomic mass is 10.1. The molecule has 106 valence electrons. The number of thiocarbonyl (C=S) groups is 1. The average molecular weight is 288 g/mol. The van der Waals surface area contributed by atoms with Gasteiger partial charge in [0.1, 0.15) is 5.76 Å². The molecule has 2 rings (SSSR count).